The van der Waals surface area contributed by atoms with Gasteiger partial charge in [-0.3, -0.25) is 4.98 Å². The Kier molecular flexibility index (Phi) is 4.78. The van der Waals surface area contributed by atoms with Crippen LogP contribution in [0.15, 0.2) is 36.5 Å². The van der Waals surface area contributed by atoms with Crippen LogP contribution in [0.25, 0.3) is 10.9 Å². The van der Waals surface area contributed by atoms with Crippen LogP contribution in [0.4, 0.5) is 4.79 Å². The van der Waals surface area contributed by atoms with Crippen molar-refractivity contribution in [3.8, 4) is 0 Å². The van der Waals surface area contributed by atoms with Crippen molar-refractivity contribution in [2.45, 2.75) is 39.2 Å². The van der Waals surface area contributed by atoms with Crippen LogP contribution < -0.4 is 5.32 Å². The second-order valence-electron chi connectivity index (χ2n) is 6.02. The summed E-state index contributed by atoms with van der Waals surface area (Å²) in [6, 6.07) is 10.1. The minimum Gasteiger partial charge on any atom is -0.444 e. The van der Waals surface area contributed by atoms with Crippen molar-refractivity contribution >= 4 is 17.0 Å². The van der Waals surface area contributed by atoms with Gasteiger partial charge >= 0.3 is 6.09 Å². The van der Waals surface area contributed by atoms with Crippen LogP contribution in [-0.2, 0) is 11.2 Å². The van der Waals surface area contributed by atoms with E-state index in [1.165, 1.54) is 10.9 Å². The summed E-state index contributed by atoms with van der Waals surface area (Å²) in [5.74, 6) is 0. The molecule has 0 saturated heterocycles. The molecule has 4 nitrogen and oxygen atoms in total. The summed E-state index contributed by atoms with van der Waals surface area (Å²) in [7, 11) is 0. The van der Waals surface area contributed by atoms with Gasteiger partial charge in [-0.2, -0.15) is 0 Å². The monoisotopic (exact) mass is 286 g/mol. The molecule has 0 atom stereocenters. The van der Waals surface area contributed by atoms with E-state index >= 15 is 0 Å². The fourth-order valence-electron chi connectivity index (χ4n) is 2.16. The van der Waals surface area contributed by atoms with E-state index in [9.17, 15) is 4.79 Å². The number of carbonyl (C=O) groups excluding carboxylic acids is 1. The van der Waals surface area contributed by atoms with E-state index < -0.39 is 5.60 Å². The molecule has 0 aliphatic rings. The minimum absolute atomic E-state index is 0.359. The highest BCUT2D eigenvalue weighted by Crippen LogP contribution is 2.17. The Hall–Kier alpha value is -2.10. The number of aromatic nitrogens is 1. The normalized spacial score (nSPS) is 11.4. The van der Waals surface area contributed by atoms with Gasteiger partial charge in [-0.05, 0) is 51.3 Å². The number of fused-ring (bicyclic) bond motifs is 1. The summed E-state index contributed by atoms with van der Waals surface area (Å²) in [4.78, 5) is 15.9. The van der Waals surface area contributed by atoms with Gasteiger partial charge < -0.3 is 10.1 Å². The molecule has 0 aliphatic carbocycles. The number of nitrogens with one attached hydrogen (secondary N) is 1. The fraction of sp³-hybridized carbons (Fsp3) is 0.412. The number of alkyl carbamates (subject to hydrolysis) is 1. The largest absolute Gasteiger partial charge is 0.444 e. The van der Waals surface area contributed by atoms with Crippen molar-refractivity contribution in [2.75, 3.05) is 6.54 Å². The molecule has 21 heavy (non-hydrogen) atoms. The molecule has 0 saturated carbocycles. The second kappa shape index (κ2) is 6.57. The summed E-state index contributed by atoms with van der Waals surface area (Å²) in [5.41, 5.74) is 1.81. The lowest BCUT2D eigenvalue weighted by molar-refractivity contribution is 0.0527. The zero-order valence-electron chi connectivity index (χ0n) is 12.8. The third-order valence-electron chi connectivity index (χ3n) is 3.03. The number of pyridine rings is 1. The predicted molar refractivity (Wildman–Crippen MR) is 84.3 cm³/mol. The van der Waals surface area contributed by atoms with Gasteiger partial charge in [-0.15, -0.1) is 0 Å². The molecular weight excluding hydrogens is 264 g/mol. The maximum absolute atomic E-state index is 11.5. The Morgan fingerprint density at radius 1 is 1.24 bits per heavy atom. The Bertz CT molecular complexity index is 612. The number of hydrogen-bond acceptors (Lipinski definition) is 3. The van der Waals surface area contributed by atoms with Crippen molar-refractivity contribution in [1.82, 2.24) is 10.3 Å². The molecule has 112 valence electrons. The lowest BCUT2D eigenvalue weighted by Gasteiger charge is -2.19. The van der Waals surface area contributed by atoms with E-state index in [2.05, 4.69) is 16.4 Å². The zero-order valence-corrected chi connectivity index (χ0v) is 12.8. The Morgan fingerprint density at radius 3 is 2.76 bits per heavy atom. The van der Waals surface area contributed by atoms with Crippen LogP contribution in [-0.4, -0.2) is 23.2 Å². The second-order valence-corrected chi connectivity index (χ2v) is 6.02. The van der Waals surface area contributed by atoms with E-state index in [-0.39, 0.29) is 6.09 Å². The highest BCUT2D eigenvalue weighted by atomic mass is 16.6. The number of ether oxygens (including phenoxy) is 1. The number of rotatable bonds is 4. The summed E-state index contributed by atoms with van der Waals surface area (Å²) in [6.45, 7) is 6.17. The lowest BCUT2D eigenvalue weighted by atomic mass is 10.0. The Balaban J connectivity index is 1.84. The first-order valence-corrected chi connectivity index (χ1v) is 7.25. The molecule has 0 fully saturated rings. The number of para-hydroxylation sites is 1. The molecule has 1 aromatic heterocycles. The van der Waals surface area contributed by atoms with Gasteiger partial charge in [-0.1, -0.05) is 18.2 Å². The molecule has 1 heterocycles. The van der Waals surface area contributed by atoms with E-state index in [0.29, 0.717) is 6.54 Å². The molecule has 0 aliphatic heterocycles. The van der Waals surface area contributed by atoms with Gasteiger partial charge in [-0.25, -0.2) is 4.79 Å². The summed E-state index contributed by atoms with van der Waals surface area (Å²) >= 11 is 0. The molecule has 0 radical (unpaired) electrons. The van der Waals surface area contributed by atoms with E-state index in [1.54, 1.807) is 0 Å². The van der Waals surface area contributed by atoms with Crippen LogP contribution in [0.5, 0.6) is 0 Å². The topological polar surface area (TPSA) is 51.2 Å². The van der Waals surface area contributed by atoms with E-state index in [1.807, 2.05) is 51.2 Å². The molecule has 0 spiro atoms. The highest BCUT2D eigenvalue weighted by Gasteiger charge is 2.15. The molecule has 0 unspecified atom stereocenters. The van der Waals surface area contributed by atoms with E-state index in [0.717, 1.165) is 18.4 Å². The maximum atomic E-state index is 11.5. The van der Waals surface area contributed by atoms with Crippen LogP contribution in [0.2, 0.25) is 0 Å². The van der Waals surface area contributed by atoms with Crippen molar-refractivity contribution in [1.29, 1.82) is 0 Å². The first-order chi connectivity index (χ1) is 9.96. The Morgan fingerprint density at radius 2 is 2.00 bits per heavy atom. The first kappa shape index (κ1) is 15.3. The van der Waals surface area contributed by atoms with Gasteiger partial charge in [0.05, 0.1) is 5.52 Å². The standard InChI is InChI=1S/C17H22N2O2/c1-17(2,3)21-16(20)19-11-6-7-13-10-12-18-15-9-5-4-8-14(13)15/h4-5,8-10,12H,6-7,11H2,1-3H3,(H,19,20). The summed E-state index contributed by atoms with van der Waals surface area (Å²) < 4.78 is 5.20. The molecule has 0 bridgehead atoms. The number of benzene rings is 1. The number of nitrogens with zero attached hydrogens (tertiary/aromatic N) is 1. The van der Waals surface area contributed by atoms with Gasteiger partial charge in [0, 0.05) is 18.1 Å². The van der Waals surface area contributed by atoms with Gasteiger partial charge in [0.15, 0.2) is 0 Å². The minimum atomic E-state index is -0.453. The average Bonchev–Trinajstić information content (AvgIpc) is 2.42. The van der Waals surface area contributed by atoms with Crippen molar-refractivity contribution in [2.24, 2.45) is 0 Å². The van der Waals surface area contributed by atoms with Crippen molar-refractivity contribution in [3.05, 3.63) is 42.1 Å². The molecule has 2 rings (SSSR count). The highest BCUT2D eigenvalue weighted by molar-refractivity contribution is 5.81. The molecule has 1 aromatic carbocycles. The number of hydrogen-bond donors (Lipinski definition) is 1. The number of amides is 1. The third-order valence-corrected chi connectivity index (χ3v) is 3.03. The SMILES string of the molecule is CC(C)(C)OC(=O)NCCCc1ccnc2ccccc12. The summed E-state index contributed by atoms with van der Waals surface area (Å²) in [5, 5.41) is 3.96. The predicted octanol–water partition coefficient (Wildman–Crippen LogP) is 3.69. The molecule has 4 heteroatoms. The number of carbonyl (C=O) groups is 1. The third kappa shape index (κ3) is 4.74. The zero-order chi connectivity index (χ0) is 15.3. The smallest absolute Gasteiger partial charge is 0.407 e. The van der Waals surface area contributed by atoms with Gasteiger partial charge in [0.1, 0.15) is 5.60 Å². The number of aryl methyl sites for hydroxylation is 1. The van der Waals surface area contributed by atoms with Crippen LogP contribution >= 0.6 is 0 Å². The van der Waals surface area contributed by atoms with Gasteiger partial charge in [0.2, 0.25) is 0 Å². The van der Waals surface area contributed by atoms with Gasteiger partial charge in [0.25, 0.3) is 0 Å². The van der Waals surface area contributed by atoms with Crippen LogP contribution in [0.3, 0.4) is 0 Å². The lowest BCUT2D eigenvalue weighted by Crippen LogP contribution is -2.33. The van der Waals surface area contributed by atoms with Crippen molar-refractivity contribution < 1.29 is 9.53 Å². The van der Waals surface area contributed by atoms with E-state index in [4.69, 9.17) is 4.74 Å². The molecule has 1 N–H and O–H groups in total. The molecular formula is C17H22N2O2. The van der Waals surface area contributed by atoms with Crippen LogP contribution in [0.1, 0.15) is 32.8 Å². The quantitative estimate of drug-likeness (QED) is 0.872. The average molecular weight is 286 g/mol. The first-order valence-electron chi connectivity index (χ1n) is 7.25. The fourth-order valence-corrected chi connectivity index (χ4v) is 2.16. The maximum Gasteiger partial charge on any atom is 0.407 e. The molecule has 2 aromatic rings. The van der Waals surface area contributed by atoms with Crippen LogP contribution in [0, 0.1) is 0 Å². The molecule has 1 amide bonds. The Labute approximate surface area is 125 Å². The summed E-state index contributed by atoms with van der Waals surface area (Å²) in [6.07, 6.45) is 3.24. The van der Waals surface area contributed by atoms with Crippen molar-refractivity contribution in [3.63, 3.8) is 0 Å².